The van der Waals surface area contributed by atoms with Crippen LogP contribution in [0.1, 0.15) is 20.8 Å². The number of halogens is 4. The number of rotatable bonds is 4. The van der Waals surface area contributed by atoms with Crippen LogP contribution in [0.15, 0.2) is 24.3 Å². The Morgan fingerprint density at radius 3 is 1.29 bits per heavy atom. The molecule has 0 fully saturated rings. The Balaban J connectivity index is 2.78. The molecule has 1 rings (SSSR count). The molecule has 14 heavy (non-hydrogen) atoms. The second-order valence-electron chi connectivity index (χ2n) is 2.91. The van der Waals surface area contributed by atoms with Crippen LogP contribution in [-0.2, 0) is 0 Å². The average Bonchev–Trinajstić information content (AvgIpc) is 2.27. The fraction of sp³-hybridized carbons (Fsp3) is 0.400. The predicted molar refractivity (Wildman–Crippen MR) is 77.4 cm³/mol. The van der Waals surface area contributed by atoms with E-state index in [9.17, 15) is 0 Å². The fourth-order valence-electron chi connectivity index (χ4n) is 1.09. The van der Waals surface area contributed by atoms with E-state index in [4.69, 9.17) is 0 Å². The first-order valence-electron chi connectivity index (χ1n) is 4.19. The van der Waals surface area contributed by atoms with Gasteiger partial charge in [0.1, 0.15) is 0 Å². The van der Waals surface area contributed by atoms with Crippen LogP contribution in [0.5, 0.6) is 0 Å². The normalized spacial score (nSPS) is 15.1. The van der Waals surface area contributed by atoms with E-state index in [1.807, 2.05) is 0 Å². The summed E-state index contributed by atoms with van der Waals surface area (Å²) >= 11 is 14.1. The molecule has 0 unspecified atom stereocenters. The van der Waals surface area contributed by atoms with Gasteiger partial charge < -0.3 is 0 Å². The van der Waals surface area contributed by atoms with E-state index in [0.717, 1.165) is 10.7 Å². The van der Waals surface area contributed by atoms with Crippen molar-refractivity contribution in [2.45, 2.75) is 9.65 Å². The SMILES string of the molecule is BrC[C@@H](Br)c1ccc([C@H](Br)CBr)cc1. The third-order valence-electron chi connectivity index (χ3n) is 1.93. The van der Waals surface area contributed by atoms with E-state index in [-0.39, 0.29) is 0 Å². The van der Waals surface area contributed by atoms with Crippen molar-refractivity contribution in [1.82, 2.24) is 0 Å². The fourth-order valence-corrected chi connectivity index (χ4v) is 2.45. The quantitative estimate of drug-likeness (QED) is 0.544. The summed E-state index contributed by atoms with van der Waals surface area (Å²) in [5.74, 6) is 0. The third-order valence-corrected chi connectivity index (χ3v) is 6.67. The first-order chi connectivity index (χ1) is 6.69. The number of benzene rings is 1. The van der Waals surface area contributed by atoms with E-state index in [0.29, 0.717) is 9.65 Å². The highest BCUT2D eigenvalue weighted by Gasteiger charge is 2.08. The summed E-state index contributed by atoms with van der Waals surface area (Å²) in [4.78, 5) is 0.795. The highest BCUT2D eigenvalue weighted by atomic mass is 79.9. The Kier molecular flexibility index (Phi) is 6.29. The second-order valence-corrected chi connectivity index (χ2v) is 6.42. The second kappa shape index (κ2) is 6.66. The van der Waals surface area contributed by atoms with Gasteiger partial charge in [0.15, 0.2) is 0 Å². The van der Waals surface area contributed by atoms with Crippen molar-refractivity contribution < 1.29 is 0 Å². The molecule has 0 aliphatic rings. The Morgan fingerprint density at radius 1 is 0.786 bits per heavy atom. The molecule has 0 aliphatic heterocycles. The summed E-state index contributed by atoms with van der Waals surface area (Å²) < 4.78 is 0. The molecule has 0 saturated heterocycles. The van der Waals surface area contributed by atoms with Crippen LogP contribution in [0.4, 0.5) is 0 Å². The van der Waals surface area contributed by atoms with Crippen molar-refractivity contribution in [1.29, 1.82) is 0 Å². The summed E-state index contributed by atoms with van der Waals surface area (Å²) in [6.45, 7) is 0. The first kappa shape index (κ1) is 13.2. The molecule has 0 amide bonds. The molecule has 0 aromatic heterocycles. The largest absolute Gasteiger partial charge is 0.0912 e. The topological polar surface area (TPSA) is 0 Å². The lowest BCUT2D eigenvalue weighted by Gasteiger charge is -2.09. The summed E-state index contributed by atoms with van der Waals surface area (Å²) in [6, 6.07) is 8.64. The molecule has 4 heteroatoms. The van der Waals surface area contributed by atoms with Gasteiger partial charge in [-0.05, 0) is 11.1 Å². The summed E-state index contributed by atoms with van der Waals surface area (Å²) in [7, 11) is 0. The smallest absolute Gasteiger partial charge is 0.0492 e. The zero-order chi connectivity index (χ0) is 10.6. The first-order valence-corrected chi connectivity index (χ1v) is 8.26. The van der Waals surface area contributed by atoms with Gasteiger partial charge >= 0.3 is 0 Å². The van der Waals surface area contributed by atoms with Crippen molar-refractivity contribution in [3.63, 3.8) is 0 Å². The molecule has 1 aromatic rings. The van der Waals surface area contributed by atoms with Gasteiger partial charge in [-0.2, -0.15) is 0 Å². The van der Waals surface area contributed by atoms with Gasteiger partial charge in [0.05, 0.1) is 0 Å². The lowest BCUT2D eigenvalue weighted by atomic mass is 10.1. The van der Waals surface area contributed by atoms with Crippen molar-refractivity contribution in [3.05, 3.63) is 35.4 Å². The summed E-state index contributed by atoms with van der Waals surface area (Å²) in [5.41, 5.74) is 2.61. The molecule has 0 nitrogen and oxygen atoms in total. The average molecular weight is 450 g/mol. The van der Waals surface area contributed by atoms with Gasteiger partial charge in [-0.3, -0.25) is 0 Å². The Hall–Kier alpha value is 1.14. The van der Waals surface area contributed by atoms with E-state index >= 15 is 0 Å². The van der Waals surface area contributed by atoms with E-state index in [1.54, 1.807) is 0 Å². The van der Waals surface area contributed by atoms with E-state index in [1.165, 1.54) is 11.1 Å². The minimum atomic E-state index is 0.397. The number of hydrogen-bond donors (Lipinski definition) is 0. The highest BCUT2D eigenvalue weighted by Crippen LogP contribution is 2.29. The molecule has 0 N–H and O–H groups in total. The zero-order valence-electron chi connectivity index (χ0n) is 7.39. The monoisotopic (exact) mass is 446 g/mol. The van der Waals surface area contributed by atoms with Crippen molar-refractivity contribution >= 4 is 63.7 Å². The van der Waals surface area contributed by atoms with E-state index < -0.39 is 0 Å². The molecule has 0 heterocycles. The minimum Gasteiger partial charge on any atom is -0.0912 e. The lowest BCUT2D eigenvalue weighted by molar-refractivity contribution is 1.11. The Morgan fingerprint density at radius 2 is 1.07 bits per heavy atom. The molecule has 78 valence electrons. The Labute approximate surface area is 118 Å². The minimum absolute atomic E-state index is 0.397. The van der Waals surface area contributed by atoms with Crippen LogP contribution in [0.3, 0.4) is 0 Å². The highest BCUT2D eigenvalue weighted by molar-refractivity contribution is 9.12. The molecule has 0 bridgehead atoms. The lowest BCUT2D eigenvalue weighted by Crippen LogP contribution is -1.94. The van der Waals surface area contributed by atoms with Gasteiger partial charge in [-0.15, -0.1) is 0 Å². The molecule has 2 atom stereocenters. The molecule has 0 saturated carbocycles. The molecule has 1 aromatic carbocycles. The van der Waals surface area contributed by atoms with Gasteiger partial charge in [-0.1, -0.05) is 88.0 Å². The third kappa shape index (κ3) is 3.62. The van der Waals surface area contributed by atoms with Gasteiger partial charge in [0.2, 0.25) is 0 Å². The van der Waals surface area contributed by atoms with Gasteiger partial charge in [0, 0.05) is 20.3 Å². The molecular weight excluding hydrogens is 440 g/mol. The number of hydrogen-bond acceptors (Lipinski definition) is 0. The number of alkyl halides is 4. The van der Waals surface area contributed by atoms with Gasteiger partial charge in [0.25, 0.3) is 0 Å². The van der Waals surface area contributed by atoms with E-state index in [2.05, 4.69) is 88.0 Å². The van der Waals surface area contributed by atoms with Crippen molar-refractivity contribution in [2.24, 2.45) is 0 Å². The zero-order valence-corrected chi connectivity index (χ0v) is 13.7. The van der Waals surface area contributed by atoms with Crippen LogP contribution < -0.4 is 0 Å². The van der Waals surface area contributed by atoms with Crippen LogP contribution in [0.25, 0.3) is 0 Å². The predicted octanol–water partition coefficient (Wildman–Crippen LogP) is 5.35. The molecule has 0 radical (unpaired) electrons. The van der Waals surface area contributed by atoms with Crippen molar-refractivity contribution in [2.75, 3.05) is 10.7 Å². The molecule has 0 spiro atoms. The van der Waals surface area contributed by atoms with Crippen LogP contribution in [0.2, 0.25) is 0 Å². The molecule has 0 aliphatic carbocycles. The maximum absolute atomic E-state index is 3.60. The van der Waals surface area contributed by atoms with Crippen molar-refractivity contribution in [3.8, 4) is 0 Å². The van der Waals surface area contributed by atoms with Crippen LogP contribution in [0, 0.1) is 0 Å². The summed E-state index contributed by atoms with van der Waals surface area (Å²) in [6.07, 6.45) is 0. The van der Waals surface area contributed by atoms with Gasteiger partial charge in [-0.25, -0.2) is 0 Å². The maximum atomic E-state index is 3.60. The Bertz CT molecular complexity index is 241. The maximum Gasteiger partial charge on any atom is 0.0492 e. The summed E-state index contributed by atoms with van der Waals surface area (Å²) in [5, 5.41) is 1.87. The van der Waals surface area contributed by atoms with Crippen LogP contribution in [-0.4, -0.2) is 10.7 Å². The van der Waals surface area contributed by atoms with Crippen LogP contribution >= 0.6 is 63.7 Å². The molecular formula is C10H10Br4. The standard InChI is InChI=1S/C10H10Br4/c11-5-9(13)7-1-2-8(4-3-7)10(14)6-12/h1-4,9-10H,5-6H2/t9-,10-/m1/s1.